The second-order valence-electron chi connectivity index (χ2n) is 4.31. The summed E-state index contributed by atoms with van der Waals surface area (Å²) in [6.45, 7) is 0. The van der Waals surface area contributed by atoms with Crippen molar-refractivity contribution in [2.75, 3.05) is 5.32 Å². The Balaban J connectivity index is 2.33. The molecule has 0 aliphatic rings. The van der Waals surface area contributed by atoms with Crippen LogP contribution in [0.25, 0.3) is 0 Å². The third kappa shape index (κ3) is 3.17. The molecule has 5 heteroatoms. The SMILES string of the molecule is N#Cc1ccc(NC(C(=O)O)c2ccccc2)cc1C#N. The number of nitrogens with one attached hydrogen (secondary N) is 1. The summed E-state index contributed by atoms with van der Waals surface area (Å²) in [5.41, 5.74) is 1.55. The normalized spacial score (nSPS) is 11.0. The molecule has 2 aromatic carbocycles. The van der Waals surface area contributed by atoms with Crippen molar-refractivity contribution in [1.82, 2.24) is 0 Å². The first-order valence-corrected chi connectivity index (χ1v) is 6.14. The van der Waals surface area contributed by atoms with Crippen LogP contribution >= 0.6 is 0 Å². The lowest BCUT2D eigenvalue weighted by Crippen LogP contribution is -2.20. The average Bonchev–Trinajstić information content (AvgIpc) is 2.52. The smallest absolute Gasteiger partial charge is 0.330 e. The van der Waals surface area contributed by atoms with Crippen LogP contribution in [0, 0.1) is 22.7 Å². The van der Waals surface area contributed by atoms with Gasteiger partial charge in [-0.3, -0.25) is 0 Å². The van der Waals surface area contributed by atoms with Gasteiger partial charge >= 0.3 is 5.97 Å². The number of benzene rings is 2. The Morgan fingerprint density at radius 1 is 1.05 bits per heavy atom. The molecule has 0 heterocycles. The van der Waals surface area contributed by atoms with Gasteiger partial charge in [0, 0.05) is 5.69 Å². The molecule has 5 nitrogen and oxygen atoms in total. The van der Waals surface area contributed by atoms with Gasteiger partial charge in [-0.25, -0.2) is 4.79 Å². The molecule has 0 bridgehead atoms. The third-order valence-electron chi connectivity index (χ3n) is 2.95. The molecule has 0 spiro atoms. The van der Waals surface area contributed by atoms with E-state index in [0.29, 0.717) is 11.3 Å². The summed E-state index contributed by atoms with van der Waals surface area (Å²) in [5, 5.41) is 30.1. The van der Waals surface area contributed by atoms with Gasteiger partial charge in [-0.1, -0.05) is 30.3 Å². The molecule has 2 rings (SSSR count). The van der Waals surface area contributed by atoms with Crippen LogP contribution in [0.15, 0.2) is 48.5 Å². The predicted octanol–water partition coefficient (Wildman–Crippen LogP) is 2.67. The molecular formula is C16H11N3O2. The number of anilines is 1. The molecule has 0 saturated carbocycles. The number of carboxylic acid groups (broad SMARTS) is 1. The number of hydrogen-bond donors (Lipinski definition) is 2. The highest BCUT2D eigenvalue weighted by molar-refractivity contribution is 5.79. The van der Waals surface area contributed by atoms with Crippen molar-refractivity contribution in [2.24, 2.45) is 0 Å². The quantitative estimate of drug-likeness (QED) is 0.895. The van der Waals surface area contributed by atoms with E-state index in [2.05, 4.69) is 5.32 Å². The van der Waals surface area contributed by atoms with Crippen LogP contribution in [0.2, 0.25) is 0 Å². The molecule has 2 N–H and O–H groups in total. The van der Waals surface area contributed by atoms with Crippen LogP contribution in [-0.2, 0) is 4.79 Å². The highest BCUT2D eigenvalue weighted by atomic mass is 16.4. The Labute approximate surface area is 121 Å². The summed E-state index contributed by atoms with van der Waals surface area (Å²) >= 11 is 0. The van der Waals surface area contributed by atoms with E-state index >= 15 is 0 Å². The molecule has 102 valence electrons. The maximum Gasteiger partial charge on any atom is 0.330 e. The molecule has 0 aromatic heterocycles. The molecule has 0 amide bonds. The van der Waals surface area contributed by atoms with E-state index in [1.807, 2.05) is 12.1 Å². The first kappa shape index (κ1) is 14.1. The lowest BCUT2D eigenvalue weighted by atomic mass is 10.1. The monoisotopic (exact) mass is 277 g/mol. The van der Waals surface area contributed by atoms with Gasteiger partial charge in [0.25, 0.3) is 0 Å². The number of rotatable bonds is 4. The zero-order valence-electron chi connectivity index (χ0n) is 10.9. The fourth-order valence-corrected chi connectivity index (χ4v) is 1.92. The van der Waals surface area contributed by atoms with Gasteiger partial charge in [0.05, 0.1) is 11.1 Å². The molecule has 0 fully saturated rings. The lowest BCUT2D eigenvalue weighted by molar-refractivity contribution is -0.138. The Morgan fingerprint density at radius 2 is 1.71 bits per heavy atom. The highest BCUT2D eigenvalue weighted by Crippen LogP contribution is 2.22. The maximum absolute atomic E-state index is 11.4. The summed E-state index contributed by atoms with van der Waals surface area (Å²) in [4.78, 5) is 11.4. The van der Waals surface area contributed by atoms with Gasteiger partial charge in [0.2, 0.25) is 0 Å². The van der Waals surface area contributed by atoms with Crippen molar-refractivity contribution >= 4 is 11.7 Å². The maximum atomic E-state index is 11.4. The predicted molar refractivity (Wildman–Crippen MR) is 76.3 cm³/mol. The van der Waals surface area contributed by atoms with E-state index in [1.54, 1.807) is 36.4 Å². The first-order valence-electron chi connectivity index (χ1n) is 6.14. The largest absolute Gasteiger partial charge is 0.479 e. The Bertz CT molecular complexity index is 742. The van der Waals surface area contributed by atoms with Gasteiger partial charge in [-0.05, 0) is 23.8 Å². The minimum absolute atomic E-state index is 0.208. The second kappa shape index (κ2) is 6.23. The van der Waals surface area contributed by atoms with Crippen molar-refractivity contribution in [2.45, 2.75) is 6.04 Å². The first-order chi connectivity index (χ1) is 10.2. The van der Waals surface area contributed by atoms with Gasteiger partial charge in [0.1, 0.15) is 12.1 Å². The fraction of sp³-hybridized carbons (Fsp3) is 0.0625. The zero-order valence-corrected chi connectivity index (χ0v) is 10.9. The van der Waals surface area contributed by atoms with Gasteiger partial charge in [0.15, 0.2) is 6.04 Å². The molecule has 1 unspecified atom stereocenters. The molecular weight excluding hydrogens is 266 g/mol. The van der Waals surface area contributed by atoms with E-state index in [0.717, 1.165) is 0 Å². The second-order valence-corrected chi connectivity index (χ2v) is 4.31. The number of nitriles is 2. The van der Waals surface area contributed by atoms with E-state index in [9.17, 15) is 9.90 Å². The van der Waals surface area contributed by atoms with E-state index in [1.165, 1.54) is 12.1 Å². The minimum Gasteiger partial charge on any atom is -0.479 e. The topological polar surface area (TPSA) is 96.9 Å². The number of aliphatic carboxylic acids is 1. The molecule has 2 aromatic rings. The van der Waals surface area contributed by atoms with Crippen LogP contribution in [0.3, 0.4) is 0 Å². The summed E-state index contributed by atoms with van der Waals surface area (Å²) in [7, 11) is 0. The summed E-state index contributed by atoms with van der Waals surface area (Å²) in [6.07, 6.45) is 0. The molecule has 21 heavy (non-hydrogen) atoms. The number of carboxylic acids is 1. The highest BCUT2D eigenvalue weighted by Gasteiger charge is 2.19. The molecule has 0 radical (unpaired) electrons. The van der Waals surface area contributed by atoms with Crippen LogP contribution in [0.5, 0.6) is 0 Å². The van der Waals surface area contributed by atoms with E-state index in [-0.39, 0.29) is 11.1 Å². The van der Waals surface area contributed by atoms with Crippen LogP contribution < -0.4 is 5.32 Å². The molecule has 0 saturated heterocycles. The van der Waals surface area contributed by atoms with Crippen LogP contribution in [0.4, 0.5) is 5.69 Å². The summed E-state index contributed by atoms with van der Waals surface area (Å²) in [6, 6.07) is 16.2. The number of carbonyl (C=O) groups is 1. The number of hydrogen-bond acceptors (Lipinski definition) is 4. The summed E-state index contributed by atoms with van der Waals surface area (Å²) in [5.74, 6) is -1.02. The fourth-order valence-electron chi connectivity index (χ4n) is 1.92. The Kier molecular flexibility index (Phi) is 4.18. The zero-order chi connectivity index (χ0) is 15.2. The third-order valence-corrected chi connectivity index (χ3v) is 2.95. The van der Waals surface area contributed by atoms with E-state index in [4.69, 9.17) is 10.5 Å². The van der Waals surface area contributed by atoms with Gasteiger partial charge in [-0.15, -0.1) is 0 Å². The average molecular weight is 277 g/mol. The van der Waals surface area contributed by atoms with Gasteiger partial charge in [-0.2, -0.15) is 10.5 Å². The van der Waals surface area contributed by atoms with Crippen molar-refractivity contribution in [3.05, 3.63) is 65.2 Å². The standard InChI is InChI=1S/C16H11N3O2/c17-9-12-6-7-14(8-13(12)10-18)19-15(16(20)21)11-4-2-1-3-5-11/h1-8,15,19H,(H,20,21). The number of nitrogens with zero attached hydrogens (tertiary/aromatic N) is 2. The van der Waals surface area contributed by atoms with Crippen LogP contribution in [0.1, 0.15) is 22.7 Å². The van der Waals surface area contributed by atoms with Gasteiger partial charge < -0.3 is 10.4 Å². The summed E-state index contributed by atoms with van der Waals surface area (Å²) < 4.78 is 0. The Morgan fingerprint density at radius 3 is 2.29 bits per heavy atom. The minimum atomic E-state index is -1.02. The van der Waals surface area contributed by atoms with Crippen molar-refractivity contribution in [3.63, 3.8) is 0 Å². The van der Waals surface area contributed by atoms with Crippen molar-refractivity contribution in [3.8, 4) is 12.1 Å². The van der Waals surface area contributed by atoms with E-state index < -0.39 is 12.0 Å². The molecule has 0 aliphatic carbocycles. The van der Waals surface area contributed by atoms with Crippen molar-refractivity contribution < 1.29 is 9.90 Å². The molecule has 0 aliphatic heterocycles. The lowest BCUT2D eigenvalue weighted by Gasteiger charge is -2.16. The van der Waals surface area contributed by atoms with Crippen molar-refractivity contribution in [1.29, 1.82) is 10.5 Å². The van der Waals surface area contributed by atoms with Crippen LogP contribution in [-0.4, -0.2) is 11.1 Å². The Hall–Kier alpha value is -3.31. The molecule has 1 atom stereocenters.